The molecule has 90 valence electrons. The lowest BCUT2D eigenvalue weighted by atomic mass is 9.67. The number of hydrogen-bond donors (Lipinski definition) is 2. The summed E-state index contributed by atoms with van der Waals surface area (Å²) in [6, 6.07) is 12.5. The van der Waals surface area contributed by atoms with Crippen molar-refractivity contribution in [1.29, 1.82) is 0 Å². The third-order valence-corrected chi connectivity index (χ3v) is 4.86. The van der Waals surface area contributed by atoms with Crippen LogP contribution in [0.2, 0.25) is 0 Å². The van der Waals surface area contributed by atoms with E-state index in [0.717, 1.165) is 29.8 Å². The van der Waals surface area contributed by atoms with Gasteiger partial charge in [0.15, 0.2) is 0 Å². The summed E-state index contributed by atoms with van der Waals surface area (Å²) in [7, 11) is 0. The molecule has 4 atom stereocenters. The van der Waals surface area contributed by atoms with E-state index in [1.807, 2.05) is 0 Å². The van der Waals surface area contributed by atoms with E-state index in [2.05, 4.69) is 41.0 Å². The van der Waals surface area contributed by atoms with E-state index in [9.17, 15) is 0 Å². The van der Waals surface area contributed by atoms with Gasteiger partial charge in [-0.05, 0) is 43.3 Å². The quantitative estimate of drug-likeness (QED) is 0.823. The topological polar surface area (TPSA) is 24.1 Å². The predicted molar refractivity (Wildman–Crippen MR) is 69.0 cm³/mol. The van der Waals surface area contributed by atoms with Gasteiger partial charge < -0.3 is 10.6 Å². The maximum Gasteiger partial charge on any atom is 0.0151 e. The minimum atomic E-state index is 0.755. The van der Waals surface area contributed by atoms with Gasteiger partial charge in [-0.1, -0.05) is 30.3 Å². The Kier molecular flexibility index (Phi) is 2.27. The fraction of sp³-hybridized carbons (Fsp3) is 0.600. The summed E-state index contributed by atoms with van der Waals surface area (Å²) in [5.41, 5.74) is 1.52. The molecule has 1 aromatic rings. The van der Waals surface area contributed by atoms with Crippen molar-refractivity contribution in [3.8, 4) is 0 Å². The number of piperidine rings is 2. The first-order chi connectivity index (χ1) is 8.42. The van der Waals surface area contributed by atoms with E-state index in [1.165, 1.54) is 31.5 Å². The van der Waals surface area contributed by atoms with Crippen LogP contribution in [0.3, 0.4) is 0 Å². The minimum absolute atomic E-state index is 0.755. The normalized spacial score (nSPS) is 42.9. The number of nitrogens with one attached hydrogen (secondary N) is 2. The van der Waals surface area contributed by atoms with Crippen molar-refractivity contribution in [2.45, 2.75) is 30.8 Å². The Hall–Kier alpha value is -0.860. The molecule has 2 N–H and O–H groups in total. The molecule has 2 nitrogen and oxygen atoms in total. The molecular weight excluding hydrogens is 208 g/mol. The van der Waals surface area contributed by atoms with Gasteiger partial charge in [0.2, 0.25) is 0 Å². The number of hydrogen-bond acceptors (Lipinski definition) is 2. The highest BCUT2D eigenvalue weighted by Crippen LogP contribution is 2.44. The molecule has 2 bridgehead atoms. The molecule has 1 aromatic carbocycles. The Morgan fingerprint density at radius 2 is 1.76 bits per heavy atom. The second-order valence-electron chi connectivity index (χ2n) is 5.97. The molecule has 2 saturated carbocycles. The third kappa shape index (κ3) is 1.71. The van der Waals surface area contributed by atoms with Crippen LogP contribution in [0.25, 0.3) is 0 Å². The second-order valence-corrected chi connectivity index (χ2v) is 5.97. The monoisotopic (exact) mass is 228 g/mol. The first-order valence-electron chi connectivity index (χ1n) is 6.93. The highest BCUT2D eigenvalue weighted by atomic mass is 15.1. The molecule has 1 heterocycles. The molecular formula is C15H20N2. The van der Waals surface area contributed by atoms with Gasteiger partial charge in [0.05, 0.1) is 0 Å². The van der Waals surface area contributed by atoms with Crippen molar-refractivity contribution in [3.63, 3.8) is 0 Å². The van der Waals surface area contributed by atoms with Gasteiger partial charge in [-0.3, -0.25) is 0 Å². The molecule has 4 rings (SSSR count). The Morgan fingerprint density at radius 3 is 2.47 bits per heavy atom. The Bertz CT molecular complexity index is 389. The molecule has 2 unspecified atom stereocenters. The molecule has 2 aliphatic carbocycles. The Balaban J connectivity index is 1.37. The van der Waals surface area contributed by atoms with Gasteiger partial charge >= 0.3 is 0 Å². The SMILES string of the molecule is c1ccc([C@@H]2C[C@H]2NC2C3CNCC2C3)cc1. The van der Waals surface area contributed by atoms with Crippen LogP contribution < -0.4 is 10.6 Å². The maximum absolute atomic E-state index is 3.90. The molecule has 1 saturated heterocycles. The van der Waals surface area contributed by atoms with Crippen LogP contribution in [-0.2, 0) is 0 Å². The lowest BCUT2D eigenvalue weighted by Gasteiger charge is -2.50. The van der Waals surface area contributed by atoms with Crippen molar-refractivity contribution in [2.75, 3.05) is 13.1 Å². The van der Waals surface area contributed by atoms with Gasteiger partial charge in [0, 0.05) is 18.0 Å². The Morgan fingerprint density at radius 1 is 1.00 bits per heavy atom. The van der Waals surface area contributed by atoms with Crippen LogP contribution in [-0.4, -0.2) is 25.2 Å². The van der Waals surface area contributed by atoms with E-state index in [0.29, 0.717) is 0 Å². The van der Waals surface area contributed by atoms with E-state index in [-0.39, 0.29) is 0 Å². The van der Waals surface area contributed by atoms with Gasteiger partial charge in [-0.2, -0.15) is 0 Å². The summed E-state index contributed by atoms with van der Waals surface area (Å²) in [5, 5.41) is 7.41. The van der Waals surface area contributed by atoms with E-state index >= 15 is 0 Å². The molecule has 17 heavy (non-hydrogen) atoms. The lowest BCUT2D eigenvalue weighted by molar-refractivity contribution is 0.0652. The average Bonchev–Trinajstić information content (AvgIpc) is 3.17. The molecule has 1 aliphatic heterocycles. The number of rotatable bonds is 3. The van der Waals surface area contributed by atoms with E-state index in [4.69, 9.17) is 0 Å². The highest BCUT2D eigenvalue weighted by molar-refractivity contribution is 5.28. The summed E-state index contributed by atoms with van der Waals surface area (Å²) in [6.07, 6.45) is 2.79. The number of benzene rings is 1. The van der Waals surface area contributed by atoms with Crippen molar-refractivity contribution in [2.24, 2.45) is 11.8 Å². The van der Waals surface area contributed by atoms with Gasteiger partial charge in [-0.25, -0.2) is 0 Å². The highest BCUT2D eigenvalue weighted by Gasteiger charge is 2.48. The third-order valence-electron chi connectivity index (χ3n) is 4.86. The van der Waals surface area contributed by atoms with Crippen LogP contribution in [0.4, 0.5) is 0 Å². The van der Waals surface area contributed by atoms with Gasteiger partial charge in [0.25, 0.3) is 0 Å². The summed E-state index contributed by atoms with van der Waals surface area (Å²) in [6.45, 7) is 2.47. The van der Waals surface area contributed by atoms with Crippen LogP contribution in [0.15, 0.2) is 30.3 Å². The minimum Gasteiger partial charge on any atom is -0.316 e. The standard InChI is InChI=1S/C15H20N2/c1-2-4-10(5-3-1)13-7-14(13)17-15-11-6-12(15)9-16-8-11/h1-5,11-17H,6-9H2/t11?,12?,13-,14+,15?/m0/s1. The molecule has 3 fully saturated rings. The lowest BCUT2D eigenvalue weighted by Crippen LogP contribution is -2.63. The van der Waals surface area contributed by atoms with Crippen molar-refractivity contribution >= 4 is 0 Å². The molecule has 0 spiro atoms. The molecule has 3 aliphatic rings. The summed E-state index contributed by atoms with van der Waals surface area (Å²) >= 11 is 0. The second kappa shape index (κ2) is 3.82. The smallest absolute Gasteiger partial charge is 0.0151 e. The number of fused-ring (bicyclic) bond motifs is 2. The van der Waals surface area contributed by atoms with Gasteiger partial charge in [0.1, 0.15) is 0 Å². The summed E-state index contributed by atoms with van der Waals surface area (Å²) in [4.78, 5) is 0. The van der Waals surface area contributed by atoms with Gasteiger partial charge in [-0.15, -0.1) is 0 Å². The van der Waals surface area contributed by atoms with E-state index < -0.39 is 0 Å². The zero-order valence-electron chi connectivity index (χ0n) is 10.1. The Labute approximate surface area is 103 Å². The predicted octanol–water partition coefficient (Wildman–Crippen LogP) is 1.74. The van der Waals surface area contributed by atoms with E-state index in [1.54, 1.807) is 0 Å². The first-order valence-corrected chi connectivity index (χ1v) is 6.93. The fourth-order valence-electron chi connectivity index (χ4n) is 3.71. The largest absolute Gasteiger partial charge is 0.316 e. The van der Waals surface area contributed by atoms with Crippen LogP contribution >= 0.6 is 0 Å². The van der Waals surface area contributed by atoms with Crippen molar-refractivity contribution in [3.05, 3.63) is 35.9 Å². The molecule has 0 amide bonds. The molecule has 0 aromatic heterocycles. The average molecular weight is 228 g/mol. The zero-order chi connectivity index (χ0) is 11.2. The molecule has 0 radical (unpaired) electrons. The maximum atomic E-state index is 3.90. The zero-order valence-corrected chi connectivity index (χ0v) is 10.1. The van der Waals surface area contributed by atoms with Crippen LogP contribution in [0, 0.1) is 11.8 Å². The fourth-order valence-corrected chi connectivity index (χ4v) is 3.71. The van der Waals surface area contributed by atoms with Crippen LogP contribution in [0.1, 0.15) is 24.3 Å². The van der Waals surface area contributed by atoms with Crippen LogP contribution in [0.5, 0.6) is 0 Å². The van der Waals surface area contributed by atoms with Crippen molar-refractivity contribution in [1.82, 2.24) is 10.6 Å². The molecule has 2 heteroatoms. The van der Waals surface area contributed by atoms with Crippen molar-refractivity contribution < 1.29 is 0 Å². The first kappa shape index (κ1) is 10.1. The summed E-state index contributed by atoms with van der Waals surface area (Å²) in [5.74, 6) is 2.60. The summed E-state index contributed by atoms with van der Waals surface area (Å²) < 4.78 is 0.